The molecule has 2 nitrogen and oxygen atoms in total. The lowest BCUT2D eigenvalue weighted by Gasteiger charge is -2.06. The Kier molecular flexibility index (Phi) is 3.36. The maximum absolute atomic E-state index is 13.6. The molecule has 0 atom stereocenters. The normalized spacial score (nSPS) is 11.2. The Hall–Kier alpha value is -1.65. The molecule has 0 bridgehead atoms. The van der Waals surface area contributed by atoms with Gasteiger partial charge in [-0.25, -0.2) is 4.39 Å². The van der Waals surface area contributed by atoms with Crippen LogP contribution in [0.5, 0.6) is 0 Å². The second-order valence-corrected chi connectivity index (χ2v) is 5.58. The van der Waals surface area contributed by atoms with E-state index >= 15 is 0 Å². The Labute approximate surface area is 125 Å². The van der Waals surface area contributed by atoms with E-state index in [1.807, 2.05) is 29.7 Å². The van der Waals surface area contributed by atoms with Crippen molar-refractivity contribution in [3.8, 4) is 0 Å². The van der Waals surface area contributed by atoms with E-state index in [1.54, 1.807) is 6.07 Å². The predicted molar refractivity (Wildman–Crippen MR) is 82.4 cm³/mol. The molecular weight excluding hydrogens is 295 g/mol. The van der Waals surface area contributed by atoms with Crippen molar-refractivity contribution < 1.29 is 4.39 Å². The molecule has 3 aromatic rings. The quantitative estimate of drug-likeness (QED) is 0.671. The number of nitrogens with zero attached hydrogens (tertiary/aromatic N) is 1. The number of aromatic nitrogens is 2. The Morgan fingerprint density at radius 1 is 1.30 bits per heavy atom. The zero-order valence-electron chi connectivity index (χ0n) is 10.8. The summed E-state index contributed by atoms with van der Waals surface area (Å²) in [4.78, 5) is 3.06. The van der Waals surface area contributed by atoms with Crippen molar-refractivity contribution in [2.45, 2.75) is 13.5 Å². The summed E-state index contributed by atoms with van der Waals surface area (Å²) in [6.07, 6.45) is 0. The molecule has 5 heteroatoms. The number of imidazole rings is 1. The highest BCUT2D eigenvalue weighted by molar-refractivity contribution is 7.71. The van der Waals surface area contributed by atoms with E-state index in [4.69, 9.17) is 23.8 Å². The van der Waals surface area contributed by atoms with E-state index < -0.39 is 5.82 Å². The monoisotopic (exact) mass is 306 g/mol. The number of rotatable bonds is 2. The third-order valence-corrected chi connectivity index (χ3v) is 3.85. The van der Waals surface area contributed by atoms with Gasteiger partial charge in [0.05, 0.1) is 22.6 Å². The van der Waals surface area contributed by atoms with Crippen molar-refractivity contribution in [1.29, 1.82) is 0 Å². The van der Waals surface area contributed by atoms with Crippen LogP contribution in [0.15, 0.2) is 36.4 Å². The van der Waals surface area contributed by atoms with Crippen molar-refractivity contribution >= 4 is 34.9 Å². The highest BCUT2D eigenvalue weighted by Gasteiger charge is 2.09. The summed E-state index contributed by atoms with van der Waals surface area (Å²) in [5.74, 6) is -0.439. The number of hydrogen-bond acceptors (Lipinski definition) is 1. The molecule has 0 spiro atoms. The lowest BCUT2D eigenvalue weighted by molar-refractivity contribution is 0.629. The Bertz CT molecular complexity index is 851. The summed E-state index contributed by atoms with van der Waals surface area (Å²) >= 11 is 11.1. The average Bonchev–Trinajstić information content (AvgIpc) is 2.67. The van der Waals surface area contributed by atoms with Crippen molar-refractivity contribution in [1.82, 2.24) is 9.55 Å². The van der Waals surface area contributed by atoms with Gasteiger partial charge in [0.1, 0.15) is 5.82 Å². The van der Waals surface area contributed by atoms with E-state index in [1.165, 1.54) is 11.6 Å². The number of hydrogen-bond donors (Lipinski definition) is 1. The van der Waals surface area contributed by atoms with Crippen molar-refractivity contribution in [2.75, 3.05) is 0 Å². The van der Waals surface area contributed by atoms with Crippen LogP contribution in [0.25, 0.3) is 11.0 Å². The number of aromatic amines is 1. The van der Waals surface area contributed by atoms with Gasteiger partial charge >= 0.3 is 0 Å². The number of aryl methyl sites for hydroxylation is 1. The molecule has 102 valence electrons. The lowest BCUT2D eigenvalue weighted by atomic mass is 10.1. The molecule has 20 heavy (non-hydrogen) atoms. The van der Waals surface area contributed by atoms with Crippen LogP contribution in [-0.4, -0.2) is 9.55 Å². The largest absolute Gasteiger partial charge is 0.331 e. The molecule has 0 unspecified atom stereocenters. The minimum absolute atomic E-state index is 0.0939. The maximum Gasteiger partial charge on any atom is 0.178 e. The number of nitrogens with one attached hydrogen (secondary N) is 1. The van der Waals surface area contributed by atoms with Crippen LogP contribution in [0.2, 0.25) is 5.02 Å². The molecule has 0 saturated carbocycles. The first-order chi connectivity index (χ1) is 9.54. The van der Waals surface area contributed by atoms with Crippen LogP contribution in [0.1, 0.15) is 11.1 Å². The molecule has 0 aliphatic rings. The highest BCUT2D eigenvalue weighted by atomic mass is 35.5. The van der Waals surface area contributed by atoms with E-state index in [9.17, 15) is 4.39 Å². The van der Waals surface area contributed by atoms with Gasteiger partial charge < -0.3 is 9.55 Å². The predicted octanol–water partition coefficient (Wildman–Crippen LogP) is 4.85. The first-order valence-electron chi connectivity index (χ1n) is 6.18. The number of halogens is 2. The van der Waals surface area contributed by atoms with Crippen LogP contribution < -0.4 is 0 Å². The standard InChI is InChI=1S/C15H12ClFN2S/c1-9-3-2-4-10(5-9)8-19-14-7-12(17)11(16)6-13(14)18-15(19)20/h2-7H,8H2,1H3,(H,18,20). The van der Waals surface area contributed by atoms with Gasteiger partial charge in [0.15, 0.2) is 4.77 Å². The fourth-order valence-corrected chi connectivity index (χ4v) is 2.74. The molecule has 0 radical (unpaired) electrons. The van der Waals surface area contributed by atoms with E-state index in [0.717, 1.165) is 16.6 Å². The fraction of sp³-hybridized carbons (Fsp3) is 0.133. The van der Waals surface area contributed by atoms with E-state index in [0.29, 0.717) is 11.3 Å². The summed E-state index contributed by atoms with van der Waals surface area (Å²) in [5, 5.41) is 0.0939. The van der Waals surface area contributed by atoms with Crippen molar-refractivity contribution in [3.05, 3.63) is 63.1 Å². The third kappa shape index (κ3) is 2.37. The summed E-state index contributed by atoms with van der Waals surface area (Å²) in [7, 11) is 0. The smallest absolute Gasteiger partial charge is 0.178 e. The van der Waals surface area contributed by atoms with Crippen LogP contribution in [-0.2, 0) is 6.54 Å². The fourth-order valence-electron chi connectivity index (χ4n) is 2.30. The van der Waals surface area contributed by atoms with Gasteiger partial charge in [-0.3, -0.25) is 0 Å². The summed E-state index contributed by atoms with van der Waals surface area (Å²) in [6, 6.07) is 11.1. The van der Waals surface area contributed by atoms with Crippen LogP contribution >= 0.6 is 23.8 Å². The van der Waals surface area contributed by atoms with Crippen molar-refractivity contribution in [3.63, 3.8) is 0 Å². The minimum Gasteiger partial charge on any atom is -0.331 e. The highest BCUT2D eigenvalue weighted by Crippen LogP contribution is 2.23. The first-order valence-corrected chi connectivity index (χ1v) is 6.96. The van der Waals surface area contributed by atoms with Crippen molar-refractivity contribution in [2.24, 2.45) is 0 Å². The lowest BCUT2D eigenvalue weighted by Crippen LogP contribution is -2.00. The van der Waals surface area contributed by atoms with Crippen LogP contribution in [0, 0.1) is 17.5 Å². The molecule has 0 aliphatic heterocycles. The summed E-state index contributed by atoms with van der Waals surface area (Å²) in [5.41, 5.74) is 3.77. The SMILES string of the molecule is Cc1cccc(Cn2c(=S)[nH]c3cc(Cl)c(F)cc32)c1. The van der Waals surface area contributed by atoms with Gasteiger partial charge in [0, 0.05) is 6.07 Å². The van der Waals surface area contributed by atoms with Crippen LogP contribution in [0.3, 0.4) is 0 Å². The molecule has 0 fully saturated rings. The zero-order valence-corrected chi connectivity index (χ0v) is 12.4. The molecule has 0 saturated heterocycles. The summed E-state index contributed by atoms with van der Waals surface area (Å²) in [6.45, 7) is 2.64. The van der Waals surface area contributed by atoms with Gasteiger partial charge in [-0.05, 0) is 30.8 Å². The van der Waals surface area contributed by atoms with Gasteiger partial charge in [-0.2, -0.15) is 0 Å². The topological polar surface area (TPSA) is 20.7 Å². The Morgan fingerprint density at radius 2 is 2.10 bits per heavy atom. The molecule has 1 heterocycles. The minimum atomic E-state index is -0.439. The molecular formula is C15H12ClFN2S. The molecule has 3 rings (SSSR count). The van der Waals surface area contributed by atoms with Crippen LogP contribution in [0.4, 0.5) is 4.39 Å². The second kappa shape index (κ2) is 5.04. The molecule has 1 aromatic heterocycles. The molecule has 2 aromatic carbocycles. The first kappa shape index (κ1) is 13.3. The number of benzene rings is 2. The third-order valence-electron chi connectivity index (χ3n) is 3.24. The van der Waals surface area contributed by atoms with E-state index in [-0.39, 0.29) is 5.02 Å². The van der Waals surface area contributed by atoms with Gasteiger partial charge in [-0.15, -0.1) is 0 Å². The number of fused-ring (bicyclic) bond motifs is 1. The molecule has 0 amide bonds. The number of H-pyrrole nitrogens is 1. The van der Waals surface area contributed by atoms with Gasteiger partial charge in [0.2, 0.25) is 0 Å². The summed E-state index contributed by atoms with van der Waals surface area (Å²) < 4.78 is 16.1. The van der Waals surface area contributed by atoms with Gasteiger partial charge in [-0.1, -0.05) is 41.4 Å². The Morgan fingerprint density at radius 3 is 2.85 bits per heavy atom. The molecule has 0 aliphatic carbocycles. The van der Waals surface area contributed by atoms with Gasteiger partial charge in [0.25, 0.3) is 0 Å². The average molecular weight is 307 g/mol. The maximum atomic E-state index is 13.6. The van der Waals surface area contributed by atoms with E-state index in [2.05, 4.69) is 11.1 Å². The Balaban J connectivity index is 2.14. The second-order valence-electron chi connectivity index (χ2n) is 4.79. The zero-order chi connectivity index (χ0) is 14.3. The molecule has 1 N–H and O–H groups in total.